The summed E-state index contributed by atoms with van der Waals surface area (Å²) < 4.78 is 4.87. The highest BCUT2D eigenvalue weighted by atomic mass is 16.4. The maximum Gasteiger partial charge on any atom is 0.293 e. The van der Waals surface area contributed by atoms with Crippen molar-refractivity contribution in [3.8, 4) is 0 Å². The van der Waals surface area contributed by atoms with Gasteiger partial charge in [-0.1, -0.05) is 5.10 Å². The number of nitrogens with two attached hydrogens (primary N) is 1. The van der Waals surface area contributed by atoms with E-state index in [4.69, 9.17) is 10.2 Å². The van der Waals surface area contributed by atoms with E-state index in [1.807, 2.05) is 0 Å². The van der Waals surface area contributed by atoms with Gasteiger partial charge in [0.15, 0.2) is 11.6 Å². The lowest BCUT2D eigenvalue weighted by atomic mass is 10.4. The molecule has 0 saturated carbocycles. The molecular weight excluding hydrogens is 188 g/mol. The Morgan fingerprint density at radius 1 is 1.57 bits per heavy atom. The minimum Gasteiger partial charge on any atom is -0.436 e. The topological polar surface area (TPSA) is 123 Å². The molecule has 2 heterocycles. The normalized spacial score (nSPS) is 10.0. The van der Waals surface area contributed by atoms with Gasteiger partial charge in [0.1, 0.15) is 0 Å². The lowest BCUT2D eigenvalue weighted by molar-refractivity contribution is 0.0997. The van der Waals surface area contributed by atoms with E-state index in [9.17, 15) is 4.79 Å². The number of aromatic amines is 1. The zero-order chi connectivity index (χ0) is 9.97. The molecule has 2 aromatic heterocycles. The van der Waals surface area contributed by atoms with E-state index in [0.717, 1.165) is 0 Å². The fourth-order valence-corrected chi connectivity index (χ4v) is 0.853. The van der Waals surface area contributed by atoms with Gasteiger partial charge in [0.2, 0.25) is 0 Å². The number of amides is 1. The number of hydrogen-bond donors (Lipinski definition) is 3. The number of tetrazole rings is 1. The number of carbonyl (C=O) groups excluding carboxylic acids is 1. The van der Waals surface area contributed by atoms with Crippen LogP contribution in [0, 0.1) is 0 Å². The quantitative estimate of drug-likeness (QED) is 0.599. The van der Waals surface area contributed by atoms with Crippen LogP contribution in [0.2, 0.25) is 0 Å². The molecule has 0 atom stereocenters. The smallest absolute Gasteiger partial charge is 0.293 e. The first-order valence-electron chi connectivity index (χ1n) is 3.66. The third kappa shape index (κ3) is 1.53. The van der Waals surface area contributed by atoms with Crippen molar-refractivity contribution in [2.45, 2.75) is 0 Å². The first-order valence-corrected chi connectivity index (χ1v) is 3.66. The van der Waals surface area contributed by atoms with Gasteiger partial charge in [-0.3, -0.25) is 10.1 Å². The van der Waals surface area contributed by atoms with Gasteiger partial charge in [-0.25, -0.2) is 0 Å². The molecule has 0 radical (unpaired) electrons. The van der Waals surface area contributed by atoms with Crippen LogP contribution in [0.25, 0.3) is 0 Å². The molecule has 8 nitrogen and oxygen atoms in total. The highest BCUT2D eigenvalue weighted by molar-refractivity contribution is 6.01. The molecular formula is C6H6N6O2. The van der Waals surface area contributed by atoms with E-state index < -0.39 is 5.91 Å². The molecule has 14 heavy (non-hydrogen) atoms. The van der Waals surface area contributed by atoms with Gasteiger partial charge in [0, 0.05) is 6.07 Å². The number of anilines is 2. The van der Waals surface area contributed by atoms with Crippen LogP contribution in [0.3, 0.4) is 0 Å². The van der Waals surface area contributed by atoms with Gasteiger partial charge >= 0.3 is 0 Å². The van der Waals surface area contributed by atoms with Gasteiger partial charge in [-0.15, -0.1) is 5.10 Å². The van der Waals surface area contributed by atoms with E-state index in [2.05, 4.69) is 25.9 Å². The first-order chi connectivity index (χ1) is 6.75. The minimum atomic E-state index is -0.483. The van der Waals surface area contributed by atoms with Crippen LogP contribution in [-0.4, -0.2) is 26.5 Å². The Hall–Kier alpha value is -2.38. The molecule has 0 saturated heterocycles. The predicted octanol–water partition coefficient (Wildman–Crippen LogP) is -0.373. The number of furan rings is 1. The molecule has 2 rings (SSSR count). The first kappa shape index (κ1) is 8.23. The maximum absolute atomic E-state index is 11.3. The lowest BCUT2D eigenvalue weighted by Crippen LogP contribution is -2.12. The van der Waals surface area contributed by atoms with Crippen molar-refractivity contribution >= 4 is 17.7 Å². The van der Waals surface area contributed by atoms with Crippen LogP contribution in [0.1, 0.15) is 10.6 Å². The molecule has 0 aliphatic heterocycles. The number of nitrogens with zero attached hydrogens (tertiary/aromatic N) is 3. The van der Waals surface area contributed by atoms with Crippen molar-refractivity contribution in [3.05, 3.63) is 17.9 Å². The molecule has 0 spiro atoms. The largest absolute Gasteiger partial charge is 0.436 e. The minimum absolute atomic E-state index is 0.0740. The second-order valence-corrected chi connectivity index (χ2v) is 2.39. The van der Waals surface area contributed by atoms with E-state index >= 15 is 0 Å². The van der Waals surface area contributed by atoms with Crippen LogP contribution in [0.5, 0.6) is 0 Å². The Labute approximate surface area is 77.5 Å². The van der Waals surface area contributed by atoms with Gasteiger partial charge in [0.25, 0.3) is 11.9 Å². The zero-order valence-corrected chi connectivity index (χ0v) is 6.89. The third-order valence-corrected chi connectivity index (χ3v) is 1.42. The van der Waals surface area contributed by atoms with Crippen molar-refractivity contribution in [3.63, 3.8) is 0 Å². The lowest BCUT2D eigenvalue weighted by Gasteiger charge is -1.94. The summed E-state index contributed by atoms with van der Waals surface area (Å²) in [5, 5.41) is 14.9. The third-order valence-electron chi connectivity index (χ3n) is 1.42. The van der Waals surface area contributed by atoms with Gasteiger partial charge < -0.3 is 10.2 Å². The zero-order valence-electron chi connectivity index (χ0n) is 6.89. The Morgan fingerprint density at radius 2 is 2.43 bits per heavy atom. The van der Waals surface area contributed by atoms with Crippen LogP contribution >= 0.6 is 0 Å². The molecule has 72 valence electrons. The van der Waals surface area contributed by atoms with E-state index in [0.29, 0.717) is 0 Å². The molecule has 4 N–H and O–H groups in total. The Bertz CT molecular complexity index is 433. The summed E-state index contributed by atoms with van der Waals surface area (Å²) in [5.41, 5.74) is 5.29. The van der Waals surface area contributed by atoms with Gasteiger partial charge in [-0.05, 0) is 11.3 Å². The summed E-state index contributed by atoms with van der Waals surface area (Å²) in [5.74, 6) is -0.149. The second-order valence-electron chi connectivity index (χ2n) is 2.39. The Morgan fingerprint density at radius 3 is 3.00 bits per heavy atom. The summed E-state index contributed by atoms with van der Waals surface area (Å²) >= 11 is 0. The van der Waals surface area contributed by atoms with Gasteiger partial charge in [-0.2, -0.15) is 5.21 Å². The maximum atomic E-state index is 11.3. The molecule has 0 aliphatic carbocycles. The van der Waals surface area contributed by atoms with Crippen molar-refractivity contribution < 1.29 is 9.21 Å². The van der Waals surface area contributed by atoms with Crippen molar-refractivity contribution in [1.29, 1.82) is 0 Å². The number of nitrogen functional groups attached to an aromatic ring is 1. The molecule has 0 aromatic carbocycles. The summed E-state index contributed by atoms with van der Waals surface area (Å²) in [6.07, 6.45) is 0. The fraction of sp³-hybridized carbons (Fsp3) is 0. The summed E-state index contributed by atoms with van der Waals surface area (Å²) in [6.45, 7) is 0. The molecule has 8 heteroatoms. The number of aromatic nitrogens is 4. The van der Waals surface area contributed by atoms with E-state index in [1.54, 1.807) is 0 Å². The van der Waals surface area contributed by atoms with Crippen LogP contribution in [-0.2, 0) is 0 Å². The summed E-state index contributed by atoms with van der Waals surface area (Å²) in [6, 6.07) is 2.93. The van der Waals surface area contributed by atoms with E-state index in [1.165, 1.54) is 12.1 Å². The highest BCUT2D eigenvalue weighted by Gasteiger charge is 2.11. The fourth-order valence-electron chi connectivity index (χ4n) is 0.853. The van der Waals surface area contributed by atoms with Crippen molar-refractivity contribution in [1.82, 2.24) is 20.6 Å². The van der Waals surface area contributed by atoms with Crippen molar-refractivity contribution in [2.24, 2.45) is 0 Å². The number of hydrogen-bond acceptors (Lipinski definition) is 6. The van der Waals surface area contributed by atoms with Crippen LogP contribution < -0.4 is 11.1 Å². The van der Waals surface area contributed by atoms with Crippen LogP contribution in [0.15, 0.2) is 16.5 Å². The monoisotopic (exact) mass is 194 g/mol. The Kier molecular flexibility index (Phi) is 1.86. The van der Waals surface area contributed by atoms with E-state index in [-0.39, 0.29) is 17.6 Å². The van der Waals surface area contributed by atoms with Crippen molar-refractivity contribution in [2.75, 3.05) is 11.1 Å². The molecule has 0 aliphatic rings. The predicted molar refractivity (Wildman–Crippen MR) is 45.3 cm³/mol. The SMILES string of the molecule is Nc1ccc(C(=O)Nc2nn[nH]n2)o1. The second kappa shape index (κ2) is 3.17. The molecule has 1 amide bonds. The van der Waals surface area contributed by atoms with Gasteiger partial charge in [0.05, 0.1) is 0 Å². The van der Waals surface area contributed by atoms with Crippen LogP contribution in [0.4, 0.5) is 11.8 Å². The molecule has 0 bridgehead atoms. The number of rotatable bonds is 2. The number of H-pyrrole nitrogens is 1. The number of nitrogens with one attached hydrogen (secondary N) is 2. The summed E-state index contributed by atoms with van der Waals surface area (Å²) in [4.78, 5) is 11.3. The number of carbonyl (C=O) groups is 1. The highest BCUT2D eigenvalue weighted by Crippen LogP contribution is 2.09. The molecule has 0 fully saturated rings. The average molecular weight is 194 g/mol. The molecule has 0 unspecified atom stereocenters. The standard InChI is InChI=1S/C6H6N6O2/c7-4-2-1-3(14-4)5(13)8-6-9-11-12-10-6/h1-2H,7H2,(H2,8,9,10,11,12,13). The average Bonchev–Trinajstić information content (AvgIpc) is 2.75. The summed E-state index contributed by atoms with van der Waals surface area (Å²) in [7, 11) is 0. The Balaban J connectivity index is 2.10. The molecule has 2 aromatic rings.